The van der Waals surface area contributed by atoms with Gasteiger partial charge >= 0.3 is 0 Å². The monoisotopic (exact) mass is 270 g/mol. The summed E-state index contributed by atoms with van der Waals surface area (Å²) in [6, 6.07) is 8.34. The quantitative estimate of drug-likeness (QED) is 0.908. The van der Waals surface area contributed by atoms with Gasteiger partial charge in [-0.15, -0.1) is 0 Å². The van der Waals surface area contributed by atoms with Gasteiger partial charge in [0.1, 0.15) is 5.75 Å². The molecule has 3 heteroatoms. The molecule has 0 fully saturated rings. The predicted octanol–water partition coefficient (Wildman–Crippen LogP) is 2.99. The van der Waals surface area contributed by atoms with E-state index >= 15 is 0 Å². The Kier molecular flexibility index (Phi) is 4.74. The molecule has 1 aromatic heterocycles. The summed E-state index contributed by atoms with van der Waals surface area (Å²) in [6.07, 6.45) is 4.57. The molecule has 0 saturated carbocycles. The number of aromatic nitrogens is 1. The molecule has 0 aliphatic heterocycles. The summed E-state index contributed by atoms with van der Waals surface area (Å²) in [5, 5.41) is 0. The Morgan fingerprint density at radius 3 is 2.60 bits per heavy atom. The molecule has 2 N–H and O–H groups in total. The summed E-state index contributed by atoms with van der Waals surface area (Å²) in [7, 11) is 1.71. The Labute approximate surface area is 120 Å². The average Bonchev–Trinajstić information content (AvgIpc) is 2.48. The highest BCUT2D eigenvalue weighted by Gasteiger charge is 2.16. The lowest BCUT2D eigenvalue weighted by Crippen LogP contribution is -2.16. The molecular weight excluding hydrogens is 248 g/mol. The normalized spacial score (nSPS) is 12.2. The molecule has 20 heavy (non-hydrogen) atoms. The summed E-state index contributed by atoms with van der Waals surface area (Å²) in [5.74, 6) is 1.17. The van der Waals surface area contributed by atoms with Crippen LogP contribution in [0.15, 0.2) is 36.7 Å². The highest BCUT2D eigenvalue weighted by Crippen LogP contribution is 2.31. The molecule has 0 bridgehead atoms. The minimum atomic E-state index is 0.244. The van der Waals surface area contributed by atoms with Crippen molar-refractivity contribution >= 4 is 0 Å². The average molecular weight is 270 g/mol. The Hall–Kier alpha value is -1.87. The lowest BCUT2D eigenvalue weighted by Gasteiger charge is -2.20. The Morgan fingerprint density at radius 1 is 1.25 bits per heavy atom. The van der Waals surface area contributed by atoms with E-state index in [0.717, 1.165) is 12.2 Å². The van der Waals surface area contributed by atoms with Crippen molar-refractivity contribution < 1.29 is 4.74 Å². The number of ether oxygens (including phenoxy) is 1. The van der Waals surface area contributed by atoms with Gasteiger partial charge < -0.3 is 10.5 Å². The van der Waals surface area contributed by atoms with E-state index in [0.29, 0.717) is 6.54 Å². The van der Waals surface area contributed by atoms with Gasteiger partial charge in [-0.1, -0.05) is 12.1 Å². The largest absolute Gasteiger partial charge is 0.496 e. The fourth-order valence-electron chi connectivity index (χ4n) is 2.43. The van der Waals surface area contributed by atoms with Crippen LogP contribution in [0.1, 0.15) is 28.2 Å². The zero-order chi connectivity index (χ0) is 14.5. The molecule has 0 amide bonds. The zero-order valence-corrected chi connectivity index (χ0v) is 12.4. The van der Waals surface area contributed by atoms with Crippen molar-refractivity contribution in [1.82, 2.24) is 4.98 Å². The van der Waals surface area contributed by atoms with Crippen LogP contribution in [-0.2, 0) is 6.42 Å². The fourth-order valence-corrected chi connectivity index (χ4v) is 2.43. The van der Waals surface area contributed by atoms with E-state index in [1.54, 1.807) is 13.3 Å². The maximum atomic E-state index is 5.99. The zero-order valence-electron chi connectivity index (χ0n) is 12.4. The van der Waals surface area contributed by atoms with Gasteiger partial charge in [0, 0.05) is 18.3 Å². The van der Waals surface area contributed by atoms with Crippen LogP contribution in [0.3, 0.4) is 0 Å². The standard InChI is InChI=1S/C17H22N2O/c1-12-7-16(17(20-3)8-13(12)2)15(10-18)9-14-5-4-6-19-11-14/h4-8,11,15H,9-10,18H2,1-3H3. The van der Waals surface area contributed by atoms with Crippen molar-refractivity contribution in [3.05, 3.63) is 58.9 Å². The molecule has 0 aliphatic carbocycles. The van der Waals surface area contributed by atoms with Gasteiger partial charge in [-0.05, 0) is 61.2 Å². The van der Waals surface area contributed by atoms with E-state index < -0.39 is 0 Å². The number of hydrogen-bond acceptors (Lipinski definition) is 3. The molecule has 3 nitrogen and oxygen atoms in total. The van der Waals surface area contributed by atoms with Gasteiger partial charge in [0.15, 0.2) is 0 Å². The molecule has 0 aliphatic rings. The lowest BCUT2D eigenvalue weighted by atomic mass is 9.90. The van der Waals surface area contributed by atoms with Crippen molar-refractivity contribution in [3.63, 3.8) is 0 Å². The summed E-state index contributed by atoms with van der Waals surface area (Å²) < 4.78 is 5.53. The third-order valence-electron chi connectivity index (χ3n) is 3.78. The first-order valence-electron chi connectivity index (χ1n) is 6.89. The van der Waals surface area contributed by atoms with Crippen LogP contribution < -0.4 is 10.5 Å². The molecule has 0 saturated heterocycles. The van der Waals surface area contributed by atoms with Gasteiger partial charge in [0.25, 0.3) is 0 Å². The van der Waals surface area contributed by atoms with Gasteiger partial charge in [0.05, 0.1) is 7.11 Å². The van der Waals surface area contributed by atoms with E-state index in [2.05, 4.69) is 37.0 Å². The van der Waals surface area contributed by atoms with Gasteiger partial charge in [-0.25, -0.2) is 0 Å². The molecule has 2 rings (SSSR count). The van der Waals surface area contributed by atoms with Crippen LogP contribution in [0.2, 0.25) is 0 Å². The van der Waals surface area contributed by atoms with E-state index in [-0.39, 0.29) is 5.92 Å². The molecule has 1 heterocycles. The number of aryl methyl sites for hydroxylation is 2. The third kappa shape index (κ3) is 3.17. The molecule has 106 valence electrons. The first-order valence-corrected chi connectivity index (χ1v) is 6.89. The van der Waals surface area contributed by atoms with E-state index in [1.807, 2.05) is 12.3 Å². The smallest absolute Gasteiger partial charge is 0.122 e. The summed E-state index contributed by atoms with van der Waals surface area (Å²) in [6.45, 7) is 4.81. The second-order valence-corrected chi connectivity index (χ2v) is 5.18. The van der Waals surface area contributed by atoms with Crippen LogP contribution >= 0.6 is 0 Å². The Balaban J connectivity index is 2.34. The molecule has 1 unspecified atom stereocenters. The van der Waals surface area contributed by atoms with Gasteiger partial charge in [-0.2, -0.15) is 0 Å². The Bertz CT molecular complexity index is 567. The fraction of sp³-hybridized carbons (Fsp3) is 0.353. The first kappa shape index (κ1) is 14.5. The SMILES string of the molecule is COc1cc(C)c(C)cc1C(CN)Cc1cccnc1. The second-order valence-electron chi connectivity index (χ2n) is 5.18. The maximum Gasteiger partial charge on any atom is 0.122 e. The second kappa shape index (κ2) is 6.53. The molecule has 1 atom stereocenters. The molecule has 1 aromatic carbocycles. The lowest BCUT2D eigenvalue weighted by molar-refractivity contribution is 0.404. The number of nitrogens with two attached hydrogens (primary N) is 1. The van der Waals surface area contributed by atoms with Gasteiger partial charge in [0.2, 0.25) is 0 Å². The van der Waals surface area contributed by atoms with Crippen molar-refractivity contribution in [2.75, 3.05) is 13.7 Å². The van der Waals surface area contributed by atoms with Crippen molar-refractivity contribution in [2.24, 2.45) is 5.73 Å². The number of methoxy groups -OCH3 is 1. The minimum absolute atomic E-state index is 0.244. The van der Waals surface area contributed by atoms with Crippen LogP contribution in [0.4, 0.5) is 0 Å². The number of rotatable bonds is 5. The summed E-state index contributed by atoms with van der Waals surface area (Å²) in [5.41, 5.74) is 10.9. The van der Waals surface area contributed by atoms with Crippen LogP contribution in [-0.4, -0.2) is 18.6 Å². The topological polar surface area (TPSA) is 48.1 Å². The number of pyridine rings is 1. The molecule has 0 radical (unpaired) electrons. The van der Waals surface area contributed by atoms with Gasteiger partial charge in [-0.3, -0.25) is 4.98 Å². The van der Waals surface area contributed by atoms with E-state index in [4.69, 9.17) is 10.5 Å². The Morgan fingerprint density at radius 2 is 2.00 bits per heavy atom. The number of nitrogens with zero attached hydrogens (tertiary/aromatic N) is 1. The van der Waals surface area contributed by atoms with Crippen molar-refractivity contribution in [2.45, 2.75) is 26.2 Å². The molecular formula is C17H22N2O. The maximum absolute atomic E-state index is 5.99. The van der Waals surface area contributed by atoms with Crippen molar-refractivity contribution in [1.29, 1.82) is 0 Å². The number of benzene rings is 1. The predicted molar refractivity (Wildman–Crippen MR) is 82.2 cm³/mol. The highest BCUT2D eigenvalue weighted by molar-refractivity contribution is 5.44. The molecule has 0 spiro atoms. The first-order chi connectivity index (χ1) is 9.65. The van der Waals surface area contributed by atoms with Crippen LogP contribution in [0, 0.1) is 13.8 Å². The third-order valence-corrected chi connectivity index (χ3v) is 3.78. The van der Waals surface area contributed by atoms with Crippen LogP contribution in [0.5, 0.6) is 5.75 Å². The summed E-state index contributed by atoms with van der Waals surface area (Å²) >= 11 is 0. The highest BCUT2D eigenvalue weighted by atomic mass is 16.5. The van der Waals surface area contributed by atoms with Crippen molar-refractivity contribution in [3.8, 4) is 5.75 Å². The summed E-state index contributed by atoms with van der Waals surface area (Å²) in [4.78, 5) is 4.17. The minimum Gasteiger partial charge on any atom is -0.496 e. The number of hydrogen-bond donors (Lipinski definition) is 1. The van der Waals surface area contributed by atoms with Crippen LogP contribution in [0.25, 0.3) is 0 Å². The van der Waals surface area contributed by atoms with E-state index in [9.17, 15) is 0 Å². The molecule has 2 aromatic rings. The van der Waals surface area contributed by atoms with E-state index in [1.165, 1.54) is 22.3 Å².